The van der Waals surface area contributed by atoms with Crippen LogP contribution in [0, 0.1) is 0 Å². The zero-order chi connectivity index (χ0) is 21.3. The van der Waals surface area contributed by atoms with Crippen LogP contribution in [0.2, 0.25) is 0 Å². The van der Waals surface area contributed by atoms with Crippen LogP contribution in [0.25, 0.3) is 11.0 Å². The molecule has 0 bridgehead atoms. The first-order valence-electron chi connectivity index (χ1n) is 9.94. The average molecular weight is 470 g/mol. The summed E-state index contributed by atoms with van der Waals surface area (Å²) in [5, 5.41) is 2.88. The van der Waals surface area contributed by atoms with Crippen molar-refractivity contribution in [2.24, 2.45) is 7.05 Å². The fourth-order valence-corrected chi connectivity index (χ4v) is 4.10. The van der Waals surface area contributed by atoms with E-state index in [1.54, 1.807) is 11.9 Å². The van der Waals surface area contributed by atoms with Gasteiger partial charge in [-0.15, -0.1) is 0 Å². The van der Waals surface area contributed by atoms with Gasteiger partial charge in [0, 0.05) is 42.9 Å². The van der Waals surface area contributed by atoms with E-state index in [0.717, 1.165) is 52.9 Å². The number of aryl methyl sites for hydroxylation is 1. The predicted molar refractivity (Wildman–Crippen MR) is 120 cm³/mol. The van der Waals surface area contributed by atoms with E-state index >= 15 is 0 Å². The second-order valence-corrected chi connectivity index (χ2v) is 8.50. The van der Waals surface area contributed by atoms with Gasteiger partial charge in [0.1, 0.15) is 5.82 Å². The lowest BCUT2D eigenvalue weighted by molar-refractivity contribution is 0.0793. The number of nitrogens with one attached hydrogen (secondary N) is 1. The van der Waals surface area contributed by atoms with Gasteiger partial charge in [-0.3, -0.25) is 4.79 Å². The van der Waals surface area contributed by atoms with E-state index in [0.29, 0.717) is 12.1 Å². The van der Waals surface area contributed by atoms with Crippen molar-refractivity contribution < 1.29 is 9.59 Å². The van der Waals surface area contributed by atoms with Gasteiger partial charge in [0.25, 0.3) is 5.91 Å². The summed E-state index contributed by atoms with van der Waals surface area (Å²) in [7, 11) is 3.65. The summed E-state index contributed by atoms with van der Waals surface area (Å²) in [6.07, 6.45) is 2.13. The van der Waals surface area contributed by atoms with Gasteiger partial charge in [-0.25, -0.2) is 9.78 Å². The molecular weight excluding hydrogens is 446 g/mol. The molecule has 1 aliphatic heterocycles. The number of amides is 3. The van der Waals surface area contributed by atoms with Crippen LogP contribution >= 0.6 is 15.9 Å². The third-order valence-corrected chi connectivity index (χ3v) is 5.91. The Hall–Kier alpha value is -2.87. The molecule has 3 amide bonds. The van der Waals surface area contributed by atoms with E-state index in [-0.39, 0.29) is 11.9 Å². The summed E-state index contributed by atoms with van der Waals surface area (Å²) in [5.41, 5.74) is 3.08. The van der Waals surface area contributed by atoms with Crippen molar-refractivity contribution in [1.29, 1.82) is 0 Å². The fraction of sp³-hybridized carbons (Fsp3) is 0.318. The molecule has 1 fully saturated rings. The Morgan fingerprint density at radius 2 is 1.93 bits per heavy atom. The molecule has 8 heteroatoms. The summed E-state index contributed by atoms with van der Waals surface area (Å²) < 4.78 is 2.86. The standard InChI is InChI=1S/C22H24BrN5O2/c1-26(22(30)24-17-7-5-6-16(23)13-17)14-20-25-18-12-15(8-9-19(18)27(20)2)21(29)28-10-3-4-11-28/h5-9,12-13H,3-4,10-11,14H2,1-2H3,(H,24,30). The first-order valence-corrected chi connectivity index (χ1v) is 10.7. The van der Waals surface area contributed by atoms with Crippen molar-refractivity contribution in [3.05, 3.63) is 58.3 Å². The molecule has 1 aliphatic rings. The van der Waals surface area contributed by atoms with E-state index in [9.17, 15) is 9.59 Å². The molecule has 7 nitrogen and oxygen atoms in total. The Morgan fingerprint density at radius 1 is 1.17 bits per heavy atom. The number of anilines is 1. The highest BCUT2D eigenvalue weighted by Gasteiger charge is 2.21. The zero-order valence-corrected chi connectivity index (χ0v) is 18.6. The number of halogens is 1. The lowest BCUT2D eigenvalue weighted by atomic mass is 10.2. The quantitative estimate of drug-likeness (QED) is 0.621. The normalized spacial score (nSPS) is 13.6. The molecule has 0 unspecified atom stereocenters. The molecule has 1 N–H and O–H groups in total. The predicted octanol–water partition coefficient (Wildman–Crippen LogP) is 4.24. The number of benzene rings is 2. The van der Waals surface area contributed by atoms with Gasteiger partial charge >= 0.3 is 6.03 Å². The number of likely N-dealkylation sites (tertiary alicyclic amines) is 1. The maximum Gasteiger partial charge on any atom is 0.321 e. The van der Waals surface area contributed by atoms with Crippen LogP contribution in [0.1, 0.15) is 29.0 Å². The Balaban J connectivity index is 1.50. The van der Waals surface area contributed by atoms with Crippen LogP contribution < -0.4 is 5.32 Å². The molecule has 0 atom stereocenters. The van der Waals surface area contributed by atoms with Crippen molar-refractivity contribution in [1.82, 2.24) is 19.4 Å². The fourth-order valence-electron chi connectivity index (χ4n) is 3.70. The van der Waals surface area contributed by atoms with Crippen LogP contribution in [-0.2, 0) is 13.6 Å². The molecule has 0 aliphatic carbocycles. The topological polar surface area (TPSA) is 70.5 Å². The lowest BCUT2D eigenvalue weighted by Gasteiger charge is -2.17. The summed E-state index contributed by atoms with van der Waals surface area (Å²) in [6.45, 7) is 1.99. The minimum atomic E-state index is -0.218. The third-order valence-electron chi connectivity index (χ3n) is 5.41. The molecule has 0 radical (unpaired) electrons. The Morgan fingerprint density at radius 3 is 2.67 bits per heavy atom. The Bertz CT molecular complexity index is 1100. The van der Waals surface area contributed by atoms with E-state index in [1.165, 1.54) is 0 Å². The number of fused-ring (bicyclic) bond motifs is 1. The van der Waals surface area contributed by atoms with Crippen LogP contribution in [0.5, 0.6) is 0 Å². The minimum absolute atomic E-state index is 0.0621. The van der Waals surface area contributed by atoms with E-state index in [4.69, 9.17) is 0 Å². The van der Waals surface area contributed by atoms with Gasteiger partial charge in [0.2, 0.25) is 0 Å². The second kappa shape index (κ2) is 8.47. The molecule has 1 aromatic heterocycles. The van der Waals surface area contributed by atoms with E-state index in [2.05, 4.69) is 26.2 Å². The number of hydrogen-bond donors (Lipinski definition) is 1. The molecule has 0 spiro atoms. The zero-order valence-electron chi connectivity index (χ0n) is 17.1. The monoisotopic (exact) mass is 469 g/mol. The molecule has 156 valence electrons. The highest BCUT2D eigenvalue weighted by molar-refractivity contribution is 9.10. The van der Waals surface area contributed by atoms with Crippen LogP contribution in [0.4, 0.5) is 10.5 Å². The van der Waals surface area contributed by atoms with Gasteiger partial charge in [-0.05, 0) is 49.2 Å². The van der Waals surface area contributed by atoms with Gasteiger partial charge in [0.05, 0.1) is 17.6 Å². The van der Waals surface area contributed by atoms with Crippen molar-refractivity contribution in [3.8, 4) is 0 Å². The number of carbonyl (C=O) groups is 2. The van der Waals surface area contributed by atoms with Gasteiger partial charge in [0.15, 0.2) is 0 Å². The van der Waals surface area contributed by atoms with Crippen LogP contribution in [0.15, 0.2) is 46.9 Å². The summed E-state index contributed by atoms with van der Waals surface area (Å²) in [6, 6.07) is 12.9. The summed E-state index contributed by atoms with van der Waals surface area (Å²) in [4.78, 5) is 33.4. The molecule has 0 saturated carbocycles. The Labute approximate surface area is 183 Å². The largest absolute Gasteiger partial charge is 0.339 e. The number of aromatic nitrogens is 2. The number of hydrogen-bond acceptors (Lipinski definition) is 3. The highest BCUT2D eigenvalue weighted by atomic mass is 79.9. The van der Waals surface area contributed by atoms with Crippen molar-refractivity contribution in [2.75, 3.05) is 25.5 Å². The smallest absolute Gasteiger partial charge is 0.321 e. The minimum Gasteiger partial charge on any atom is -0.339 e. The molecule has 2 heterocycles. The van der Waals surface area contributed by atoms with Crippen molar-refractivity contribution in [3.63, 3.8) is 0 Å². The van der Waals surface area contributed by atoms with Gasteiger partial charge in [-0.2, -0.15) is 0 Å². The number of rotatable bonds is 4. The molecule has 4 rings (SSSR count). The molecule has 30 heavy (non-hydrogen) atoms. The molecular formula is C22H24BrN5O2. The third kappa shape index (κ3) is 4.18. The van der Waals surface area contributed by atoms with Crippen molar-refractivity contribution >= 4 is 44.6 Å². The second-order valence-electron chi connectivity index (χ2n) is 7.59. The maximum absolute atomic E-state index is 12.7. The van der Waals surface area contributed by atoms with E-state index < -0.39 is 0 Å². The SMILES string of the molecule is CN(Cc1nc2cc(C(=O)N3CCCC3)ccc2n1C)C(=O)Nc1cccc(Br)c1. The number of carbonyl (C=O) groups excluding carboxylic acids is 2. The first kappa shape index (κ1) is 20.4. The lowest BCUT2D eigenvalue weighted by Crippen LogP contribution is -2.31. The summed E-state index contributed by atoms with van der Waals surface area (Å²) in [5.74, 6) is 0.815. The number of urea groups is 1. The number of nitrogens with zero attached hydrogens (tertiary/aromatic N) is 4. The van der Waals surface area contributed by atoms with Gasteiger partial charge in [-0.1, -0.05) is 22.0 Å². The van der Waals surface area contributed by atoms with E-state index in [1.807, 2.05) is 59.0 Å². The Kier molecular flexibility index (Phi) is 5.76. The average Bonchev–Trinajstić information content (AvgIpc) is 3.36. The molecule has 1 saturated heterocycles. The maximum atomic E-state index is 12.7. The van der Waals surface area contributed by atoms with Crippen LogP contribution in [0.3, 0.4) is 0 Å². The first-order chi connectivity index (χ1) is 14.4. The molecule has 3 aromatic rings. The molecule has 2 aromatic carbocycles. The van der Waals surface area contributed by atoms with Gasteiger partial charge < -0.3 is 19.7 Å². The summed E-state index contributed by atoms with van der Waals surface area (Å²) >= 11 is 3.40. The van der Waals surface area contributed by atoms with Crippen molar-refractivity contribution in [2.45, 2.75) is 19.4 Å². The van der Waals surface area contributed by atoms with Crippen LogP contribution in [-0.4, -0.2) is 51.4 Å². The highest BCUT2D eigenvalue weighted by Crippen LogP contribution is 2.21. The number of imidazole rings is 1.